The average molecular weight is 205 g/mol. The summed E-state index contributed by atoms with van der Waals surface area (Å²) in [4.78, 5) is 14.4. The van der Waals surface area contributed by atoms with E-state index in [0.29, 0.717) is 10.8 Å². The Bertz CT molecular complexity index is 520. The molecule has 1 aromatic heterocycles. The van der Waals surface area contributed by atoms with Gasteiger partial charge in [0, 0.05) is 11.6 Å². The van der Waals surface area contributed by atoms with Crippen molar-refractivity contribution in [1.82, 2.24) is 4.98 Å². The second kappa shape index (κ2) is 3.65. The summed E-state index contributed by atoms with van der Waals surface area (Å²) in [6, 6.07) is 6.27. The zero-order valence-electron chi connectivity index (χ0n) is 7.77. The van der Waals surface area contributed by atoms with E-state index in [1.54, 1.807) is 18.2 Å². The SMILES string of the molecule is O=C(O)Cc1nccc2cccc(F)c12. The third-order valence-corrected chi connectivity index (χ3v) is 2.14. The fourth-order valence-electron chi connectivity index (χ4n) is 1.53. The average Bonchev–Trinajstić information content (AvgIpc) is 2.17. The number of carboxylic acid groups (broad SMARTS) is 1. The summed E-state index contributed by atoms with van der Waals surface area (Å²) in [5.74, 6) is -1.45. The Morgan fingerprint density at radius 1 is 1.40 bits per heavy atom. The molecule has 0 saturated heterocycles. The lowest BCUT2D eigenvalue weighted by Gasteiger charge is -2.03. The highest BCUT2D eigenvalue weighted by molar-refractivity contribution is 5.87. The minimum atomic E-state index is -1.02. The van der Waals surface area contributed by atoms with Gasteiger partial charge >= 0.3 is 5.97 Å². The lowest BCUT2D eigenvalue weighted by Crippen LogP contribution is -2.03. The van der Waals surface area contributed by atoms with Gasteiger partial charge < -0.3 is 5.11 Å². The van der Waals surface area contributed by atoms with Crippen LogP contribution in [0.2, 0.25) is 0 Å². The highest BCUT2D eigenvalue weighted by Crippen LogP contribution is 2.20. The van der Waals surface area contributed by atoms with E-state index in [9.17, 15) is 9.18 Å². The molecule has 0 amide bonds. The monoisotopic (exact) mass is 205 g/mol. The normalized spacial score (nSPS) is 10.5. The Morgan fingerprint density at radius 3 is 2.93 bits per heavy atom. The highest BCUT2D eigenvalue weighted by Gasteiger charge is 2.10. The second-order valence-electron chi connectivity index (χ2n) is 3.17. The summed E-state index contributed by atoms with van der Waals surface area (Å²) in [7, 11) is 0. The summed E-state index contributed by atoms with van der Waals surface area (Å²) >= 11 is 0. The molecule has 1 N–H and O–H groups in total. The molecular formula is C11H8FNO2. The van der Waals surface area contributed by atoms with Gasteiger partial charge in [0.1, 0.15) is 5.82 Å². The van der Waals surface area contributed by atoms with Crippen LogP contribution in [0.4, 0.5) is 4.39 Å². The van der Waals surface area contributed by atoms with Gasteiger partial charge in [0.2, 0.25) is 0 Å². The van der Waals surface area contributed by atoms with Gasteiger partial charge in [-0.2, -0.15) is 0 Å². The first-order valence-electron chi connectivity index (χ1n) is 4.42. The number of rotatable bonds is 2. The van der Waals surface area contributed by atoms with Gasteiger partial charge in [-0.05, 0) is 17.5 Å². The highest BCUT2D eigenvalue weighted by atomic mass is 19.1. The van der Waals surface area contributed by atoms with Crippen molar-refractivity contribution < 1.29 is 14.3 Å². The van der Waals surface area contributed by atoms with Gasteiger partial charge in [0.05, 0.1) is 12.1 Å². The van der Waals surface area contributed by atoms with Crippen LogP contribution in [0.3, 0.4) is 0 Å². The molecule has 0 bridgehead atoms. The molecule has 0 radical (unpaired) electrons. The molecule has 0 spiro atoms. The Kier molecular flexibility index (Phi) is 2.33. The van der Waals surface area contributed by atoms with Gasteiger partial charge in [-0.25, -0.2) is 4.39 Å². The maximum atomic E-state index is 13.5. The lowest BCUT2D eigenvalue weighted by atomic mass is 10.1. The summed E-state index contributed by atoms with van der Waals surface area (Å²) in [5.41, 5.74) is 0.262. The van der Waals surface area contributed by atoms with Gasteiger partial charge in [0.15, 0.2) is 0 Å². The third kappa shape index (κ3) is 1.79. The summed E-state index contributed by atoms with van der Waals surface area (Å²) in [6.45, 7) is 0. The maximum absolute atomic E-state index is 13.5. The van der Waals surface area contributed by atoms with Crippen LogP contribution in [-0.2, 0) is 11.2 Å². The third-order valence-electron chi connectivity index (χ3n) is 2.14. The van der Waals surface area contributed by atoms with E-state index >= 15 is 0 Å². The van der Waals surface area contributed by atoms with Crippen molar-refractivity contribution in [3.05, 3.63) is 42.0 Å². The standard InChI is InChI=1S/C11H8FNO2/c12-8-3-1-2-7-4-5-13-9(11(7)8)6-10(14)15/h1-5H,6H2,(H,14,15). The second-order valence-corrected chi connectivity index (χ2v) is 3.17. The number of pyridine rings is 1. The van der Waals surface area contributed by atoms with Gasteiger partial charge in [0.25, 0.3) is 0 Å². The van der Waals surface area contributed by atoms with Crippen molar-refractivity contribution in [3.63, 3.8) is 0 Å². The molecule has 15 heavy (non-hydrogen) atoms. The molecule has 0 aliphatic heterocycles. The molecule has 1 aromatic carbocycles. The lowest BCUT2D eigenvalue weighted by molar-refractivity contribution is -0.136. The summed E-state index contributed by atoms with van der Waals surface area (Å²) in [5, 5.41) is 9.62. The largest absolute Gasteiger partial charge is 0.481 e. The fourth-order valence-corrected chi connectivity index (χ4v) is 1.53. The van der Waals surface area contributed by atoms with E-state index in [2.05, 4.69) is 4.98 Å². The maximum Gasteiger partial charge on any atom is 0.309 e. The number of hydrogen-bond acceptors (Lipinski definition) is 2. The predicted molar refractivity (Wildman–Crippen MR) is 53.0 cm³/mol. The molecule has 2 rings (SSSR count). The molecule has 0 aliphatic carbocycles. The Morgan fingerprint density at radius 2 is 2.20 bits per heavy atom. The quantitative estimate of drug-likeness (QED) is 0.815. The molecule has 4 heteroatoms. The molecule has 0 aliphatic rings. The van der Waals surface area contributed by atoms with Crippen LogP contribution in [-0.4, -0.2) is 16.1 Å². The van der Waals surface area contributed by atoms with Crippen molar-refractivity contribution in [3.8, 4) is 0 Å². The fraction of sp³-hybridized carbons (Fsp3) is 0.0909. The minimum absolute atomic E-state index is 0.262. The van der Waals surface area contributed by atoms with Crippen LogP contribution in [0.5, 0.6) is 0 Å². The number of aliphatic carboxylic acids is 1. The van der Waals surface area contributed by atoms with E-state index in [4.69, 9.17) is 5.11 Å². The molecule has 0 unspecified atom stereocenters. The van der Waals surface area contributed by atoms with Crippen LogP contribution in [0.25, 0.3) is 10.8 Å². The van der Waals surface area contributed by atoms with Gasteiger partial charge in [-0.1, -0.05) is 12.1 Å². The molecular weight excluding hydrogens is 197 g/mol. The zero-order valence-corrected chi connectivity index (χ0v) is 7.77. The van der Waals surface area contributed by atoms with Gasteiger partial charge in [-0.3, -0.25) is 9.78 Å². The molecule has 1 heterocycles. The van der Waals surface area contributed by atoms with Crippen molar-refractivity contribution >= 4 is 16.7 Å². The van der Waals surface area contributed by atoms with E-state index in [1.165, 1.54) is 12.3 Å². The first-order valence-corrected chi connectivity index (χ1v) is 4.42. The van der Waals surface area contributed by atoms with Crippen molar-refractivity contribution in [2.24, 2.45) is 0 Å². The van der Waals surface area contributed by atoms with E-state index < -0.39 is 11.8 Å². The molecule has 0 fully saturated rings. The predicted octanol–water partition coefficient (Wildman–Crippen LogP) is 2.00. The van der Waals surface area contributed by atoms with E-state index in [0.717, 1.165) is 0 Å². The van der Waals surface area contributed by atoms with Gasteiger partial charge in [-0.15, -0.1) is 0 Å². The zero-order chi connectivity index (χ0) is 10.8. The minimum Gasteiger partial charge on any atom is -0.481 e. The Labute approximate surface area is 85.2 Å². The number of carboxylic acids is 1. The number of benzene rings is 1. The van der Waals surface area contributed by atoms with Crippen LogP contribution in [0.15, 0.2) is 30.5 Å². The van der Waals surface area contributed by atoms with Crippen molar-refractivity contribution in [2.75, 3.05) is 0 Å². The van der Waals surface area contributed by atoms with Crippen LogP contribution in [0.1, 0.15) is 5.69 Å². The molecule has 0 atom stereocenters. The number of aromatic nitrogens is 1. The molecule has 0 saturated carbocycles. The van der Waals surface area contributed by atoms with E-state index in [-0.39, 0.29) is 12.1 Å². The summed E-state index contributed by atoms with van der Waals surface area (Å²) < 4.78 is 13.5. The number of hydrogen-bond donors (Lipinski definition) is 1. The van der Waals surface area contributed by atoms with Crippen LogP contribution in [0, 0.1) is 5.82 Å². The topological polar surface area (TPSA) is 50.2 Å². The van der Waals surface area contributed by atoms with Crippen LogP contribution >= 0.6 is 0 Å². The Hall–Kier alpha value is -1.97. The molecule has 3 nitrogen and oxygen atoms in total. The first kappa shape index (κ1) is 9.58. The number of fused-ring (bicyclic) bond motifs is 1. The number of carbonyl (C=O) groups is 1. The molecule has 2 aromatic rings. The van der Waals surface area contributed by atoms with Crippen LogP contribution < -0.4 is 0 Å². The number of nitrogens with zero attached hydrogens (tertiary/aromatic N) is 1. The summed E-state index contributed by atoms with van der Waals surface area (Å²) in [6.07, 6.45) is 1.22. The van der Waals surface area contributed by atoms with Crippen molar-refractivity contribution in [1.29, 1.82) is 0 Å². The molecule has 76 valence electrons. The Balaban J connectivity index is 2.68. The van der Waals surface area contributed by atoms with Crippen molar-refractivity contribution in [2.45, 2.75) is 6.42 Å². The number of halogens is 1. The smallest absolute Gasteiger partial charge is 0.309 e. The van der Waals surface area contributed by atoms with E-state index in [1.807, 2.05) is 0 Å². The first-order chi connectivity index (χ1) is 7.18.